The molecule has 2 atom stereocenters. The van der Waals surface area contributed by atoms with E-state index < -0.39 is 17.9 Å². The van der Waals surface area contributed by atoms with Gasteiger partial charge in [-0.25, -0.2) is 0 Å². The number of rotatable bonds is 7. The molecule has 2 heterocycles. The Morgan fingerprint density at radius 2 is 1.82 bits per heavy atom. The molecule has 1 saturated heterocycles. The number of hydrogen-bond donors (Lipinski definition) is 4. The van der Waals surface area contributed by atoms with Crippen LogP contribution in [0.25, 0.3) is 11.1 Å². The van der Waals surface area contributed by atoms with Gasteiger partial charge in [-0.15, -0.1) is 0 Å². The van der Waals surface area contributed by atoms with Gasteiger partial charge < -0.3 is 20.7 Å². The number of carbonyl (C=O) groups excluding carboxylic acids is 1. The lowest BCUT2D eigenvalue weighted by molar-refractivity contribution is -0.143. The summed E-state index contributed by atoms with van der Waals surface area (Å²) in [5.74, 6) is -1.99. The van der Waals surface area contributed by atoms with Crippen LogP contribution in [0.1, 0.15) is 34.3 Å². The number of carbonyl (C=O) groups is 2. The first-order valence-corrected chi connectivity index (χ1v) is 11.1. The molecule has 0 spiro atoms. The summed E-state index contributed by atoms with van der Waals surface area (Å²) in [4.78, 5) is 41.1. The zero-order chi connectivity index (χ0) is 24.2. The number of carboxylic acids is 1. The van der Waals surface area contributed by atoms with Gasteiger partial charge in [0, 0.05) is 36.0 Å². The van der Waals surface area contributed by atoms with Gasteiger partial charge in [-0.2, -0.15) is 0 Å². The molecule has 0 aliphatic carbocycles. The highest BCUT2D eigenvalue weighted by Gasteiger charge is 2.38. The minimum absolute atomic E-state index is 0.0725. The molecule has 1 amide bonds. The number of aliphatic carboxylic acids is 1. The van der Waals surface area contributed by atoms with Gasteiger partial charge in [0.25, 0.3) is 5.91 Å². The third-order valence-corrected chi connectivity index (χ3v) is 6.28. The van der Waals surface area contributed by atoms with Crippen LogP contribution < -0.4 is 11.3 Å². The smallest absolute Gasteiger partial charge is 0.308 e. The van der Waals surface area contributed by atoms with E-state index in [9.17, 15) is 19.5 Å². The van der Waals surface area contributed by atoms with Crippen molar-refractivity contribution in [3.63, 3.8) is 0 Å². The molecule has 1 aromatic heterocycles. The summed E-state index contributed by atoms with van der Waals surface area (Å²) in [5, 5.41) is 17.6. The molecule has 34 heavy (non-hydrogen) atoms. The second-order valence-corrected chi connectivity index (χ2v) is 8.49. The highest BCUT2D eigenvalue weighted by molar-refractivity contribution is 5.96. The van der Waals surface area contributed by atoms with E-state index in [-0.39, 0.29) is 23.7 Å². The summed E-state index contributed by atoms with van der Waals surface area (Å²) < 4.78 is 0. The van der Waals surface area contributed by atoms with Crippen molar-refractivity contribution in [3.8, 4) is 11.1 Å². The molecule has 1 aliphatic heterocycles. The van der Waals surface area contributed by atoms with Crippen molar-refractivity contribution in [2.45, 2.75) is 25.3 Å². The maximum Gasteiger partial charge on any atom is 0.308 e. The van der Waals surface area contributed by atoms with Crippen molar-refractivity contribution < 1.29 is 14.7 Å². The molecule has 1 unspecified atom stereocenters. The first-order valence-electron chi connectivity index (χ1n) is 11.1. The molecule has 5 N–H and O–H groups in total. The number of aromatic amines is 1. The predicted octanol–water partition coefficient (Wildman–Crippen LogP) is 2.87. The molecule has 0 saturated carbocycles. The second kappa shape index (κ2) is 9.74. The molecule has 0 bridgehead atoms. The summed E-state index contributed by atoms with van der Waals surface area (Å²) in [7, 11) is 0. The van der Waals surface area contributed by atoms with Crippen molar-refractivity contribution in [2.75, 3.05) is 6.54 Å². The molecule has 2 aromatic carbocycles. The number of hydrogen-bond acceptors (Lipinski definition) is 4. The van der Waals surface area contributed by atoms with Crippen LogP contribution in [0.4, 0.5) is 0 Å². The quantitative estimate of drug-likeness (QED) is 0.318. The highest BCUT2D eigenvalue weighted by Crippen LogP contribution is 2.29. The number of carboxylic acid groups (broad SMARTS) is 1. The van der Waals surface area contributed by atoms with E-state index in [1.165, 1.54) is 6.07 Å². The minimum atomic E-state index is -0.952. The zero-order valence-corrected chi connectivity index (χ0v) is 18.5. The lowest BCUT2D eigenvalue weighted by atomic mass is 9.89. The Morgan fingerprint density at radius 1 is 1.09 bits per heavy atom. The number of likely N-dealkylation sites (tertiary alicyclic amines) is 1. The number of nitrogen functional groups attached to an aromatic ring is 1. The number of amides is 1. The van der Waals surface area contributed by atoms with E-state index in [4.69, 9.17) is 11.1 Å². The Morgan fingerprint density at radius 3 is 2.47 bits per heavy atom. The van der Waals surface area contributed by atoms with Gasteiger partial charge in [-0.3, -0.25) is 19.8 Å². The van der Waals surface area contributed by atoms with Gasteiger partial charge in [0.1, 0.15) is 5.84 Å². The summed E-state index contributed by atoms with van der Waals surface area (Å²) in [6.45, 7) is 0.502. The Kier molecular flexibility index (Phi) is 6.58. The van der Waals surface area contributed by atoms with Gasteiger partial charge >= 0.3 is 5.97 Å². The first kappa shape index (κ1) is 23.0. The molecule has 8 nitrogen and oxygen atoms in total. The monoisotopic (exact) mass is 458 g/mol. The van der Waals surface area contributed by atoms with Gasteiger partial charge in [-0.05, 0) is 60.2 Å². The first-order chi connectivity index (χ1) is 16.3. The fourth-order valence-electron chi connectivity index (χ4n) is 4.53. The van der Waals surface area contributed by atoms with Gasteiger partial charge in [0.15, 0.2) is 0 Å². The van der Waals surface area contributed by atoms with Crippen LogP contribution in [0.3, 0.4) is 0 Å². The molecular formula is C26H26N4O4. The average Bonchev–Trinajstić information content (AvgIpc) is 3.32. The molecule has 174 valence electrons. The topological polar surface area (TPSA) is 140 Å². The number of nitrogens with zero attached hydrogens (tertiary/aromatic N) is 1. The summed E-state index contributed by atoms with van der Waals surface area (Å²) in [6, 6.07) is 16.8. The standard InChI is InChI=1S/C26H26N4O4/c27-24(28)19-4-1-3-16(13-19)14-21(26(33)34)22-5-2-12-30(22)25(32)18-8-6-17(7-9-18)20-10-11-23(31)29-15-20/h1,3-4,6-11,13,15,21-22H,2,5,12,14H2,(H3,27,28)(H,29,31)(H,33,34)/t21-,22?/m1/s1. The van der Waals surface area contributed by atoms with Crippen molar-refractivity contribution in [3.05, 3.63) is 93.9 Å². The zero-order valence-electron chi connectivity index (χ0n) is 18.5. The Bertz CT molecular complexity index is 1260. The van der Waals surface area contributed by atoms with E-state index in [0.717, 1.165) is 23.1 Å². The van der Waals surface area contributed by atoms with Crippen molar-refractivity contribution in [1.82, 2.24) is 9.88 Å². The number of aromatic nitrogens is 1. The maximum absolute atomic E-state index is 13.3. The Balaban J connectivity index is 1.54. The Labute approximate surface area is 196 Å². The molecule has 8 heteroatoms. The number of pyridine rings is 1. The van der Waals surface area contributed by atoms with Crippen molar-refractivity contribution in [1.29, 1.82) is 5.41 Å². The van der Waals surface area contributed by atoms with Crippen LogP contribution in [0.15, 0.2) is 71.7 Å². The molecule has 0 radical (unpaired) electrons. The number of H-pyrrole nitrogens is 1. The van der Waals surface area contributed by atoms with Crippen molar-refractivity contribution >= 4 is 17.7 Å². The third kappa shape index (κ3) is 4.91. The number of nitrogens with one attached hydrogen (secondary N) is 2. The molecule has 3 aromatic rings. The largest absolute Gasteiger partial charge is 0.481 e. The van der Waals surface area contributed by atoms with E-state index in [1.54, 1.807) is 47.5 Å². The van der Waals surface area contributed by atoms with Gasteiger partial charge in [-0.1, -0.05) is 30.3 Å². The number of nitrogens with two attached hydrogens (primary N) is 1. The molecule has 1 aliphatic rings. The van der Waals surface area contributed by atoms with Crippen LogP contribution in [0, 0.1) is 11.3 Å². The fraction of sp³-hybridized carbons (Fsp3) is 0.231. The minimum Gasteiger partial charge on any atom is -0.481 e. The molecule has 1 fully saturated rings. The summed E-state index contributed by atoms with van der Waals surface area (Å²) in [5.41, 5.74) is 8.88. The lowest BCUT2D eigenvalue weighted by Gasteiger charge is -2.30. The van der Waals surface area contributed by atoms with Crippen LogP contribution in [-0.2, 0) is 11.2 Å². The Hall–Kier alpha value is -4.20. The van der Waals surface area contributed by atoms with Gasteiger partial charge in [0.2, 0.25) is 5.56 Å². The van der Waals surface area contributed by atoms with Gasteiger partial charge in [0.05, 0.1) is 5.92 Å². The SMILES string of the molecule is N=C(N)c1cccc(C[C@@H](C(=O)O)C2CCCN2C(=O)c2ccc(-c3ccc(=O)[nH]c3)cc2)c1. The molecular weight excluding hydrogens is 432 g/mol. The normalized spacial score (nSPS) is 16.2. The van der Waals surface area contributed by atoms with Crippen LogP contribution in [0.2, 0.25) is 0 Å². The van der Waals surface area contributed by atoms with Crippen molar-refractivity contribution in [2.24, 2.45) is 11.7 Å². The van der Waals surface area contributed by atoms with E-state index >= 15 is 0 Å². The highest BCUT2D eigenvalue weighted by atomic mass is 16.4. The average molecular weight is 459 g/mol. The maximum atomic E-state index is 13.3. The van der Waals surface area contributed by atoms with E-state index in [0.29, 0.717) is 24.1 Å². The number of benzene rings is 2. The molecule has 4 rings (SSSR count). The van der Waals surface area contributed by atoms with E-state index in [1.807, 2.05) is 18.2 Å². The lowest BCUT2D eigenvalue weighted by Crippen LogP contribution is -2.43. The third-order valence-electron chi connectivity index (χ3n) is 6.28. The predicted molar refractivity (Wildman–Crippen MR) is 129 cm³/mol. The fourth-order valence-corrected chi connectivity index (χ4v) is 4.53. The summed E-state index contributed by atoms with van der Waals surface area (Å²) in [6.07, 6.45) is 3.22. The van der Waals surface area contributed by atoms with E-state index in [2.05, 4.69) is 4.98 Å². The van der Waals surface area contributed by atoms with Crippen LogP contribution in [0.5, 0.6) is 0 Å². The summed E-state index contributed by atoms with van der Waals surface area (Å²) >= 11 is 0. The van der Waals surface area contributed by atoms with Crippen LogP contribution >= 0.6 is 0 Å². The number of amidine groups is 1. The second-order valence-electron chi connectivity index (χ2n) is 8.49. The van der Waals surface area contributed by atoms with Crippen LogP contribution in [-0.4, -0.2) is 45.3 Å².